The van der Waals surface area contributed by atoms with Gasteiger partial charge in [0, 0.05) is 45.8 Å². The zero-order valence-corrected chi connectivity index (χ0v) is 16.6. The maximum absolute atomic E-state index is 12.3. The molecule has 0 spiro atoms. The summed E-state index contributed by atoms with van der Waals surface area (Å²) in [5.41, 5.74) is 1.17. The molecule has 0 radical (unpaired) electrons. The minimum Gasteiger partial charge on any atom is -0.324 e. The normalized spacial score (nSPS) is 18.6. The predicted octanol–water partition coefficient (Wildman–Crippen LogP) is 2.07. The van der Waals surface area contributed by atoms with Crippen molar-refractivity contribution in [3.05, 3.63) is 42.5 Å². The number of aryl methyl sites for hydroxylation is 1. The molecule has 0 aromatic carbocycles. The zero-order chi connectivity index (χ0) is 19.3. The minimum absolute atomic E-state index is 0.373. The third-order valence-electron chi connectivity index (χ3n) is 4.75. The van der Waals surface area contributed by atoms with E-state index in [-0.39, 0.29) is 0 Å². The number of hydrogen-bond acceptors (Lipinski definition) is 6. The van der Waals surface area contributed by atoms with E-state index < -0.39 is 10.2 Å². The number of rotatable bonds is 7. The Morgan fingerprint density at radius 1 is 1.22 bits per heavy atom. The van der Waals surface area contributed by atoms with Crippen molar-refractivity contribution in [3.8, 4) is 0 Å². The average molecular weight is 391 g/mol. The summed E-state index contributed by atoms with van der Waals surface area (Å²) in [5, 5.41) is 3.14. The second kappa shape index (κ2) is 8.73. The van der Waals surface area contributed by atoms with Crippen molar-refractivity contribution < 1.29 is 8.42 Å². The van der Waals surface area contributed by atoms with Gasteiger partial charge in [-0.2, -0.15) is 17.0 Å². The zero-order valence-electron chi connectivity index (χ0n) is 15.7. The molecule has 1 aliphatic heterocycles. The van der Waals surface area contributed by atoms with Gasteiger partial charge in [-0.05, 0) is 49.3 Å². The van der Waals surface area contributed by atoms with Gasteiger partial charge in [0.1, 0.15) is 11.6 Å². The third kappa shape index (κ3) is 5.21. The first-order valence-corrected chi connectivity index (χ1v) is 10.5. The molecule has 1 N–H and O–H groups in total. The van der Waals surface area contributed by atoms with Gasteiger partial charge in [-0.1, -0.05) is 0 Å². The predicted molar refractivity (Wildman–Crippen MR) is 105 cm³/mol. The molecule has 3 rings (SSSR count). The topological polar surface area (TPSA) is 91.3 Å². The molecule has 1 fully saturated rings. The Hall–Kier alpha value is -2.10. The fourth-order valence-corrected chi connectivity index (χ4v) is 4.49. The van der Waals surface area contributed by atoms with Crippen molar-refractivity contribution in [2.45, 2.75) is 25.7 Å². The molecule has 27 heavy (non-hydrogen) atoms. The summed E-state index contributed by atoms with van der Waals surface area (Å²) < 4.78 is 27.6. The van der Waals surface area contributed by atoms with Gasteiger partial charge >= 0.3 is 0 Å². The van der Waals surface area contributed by atoms with Crippen LogP contribution in [0.15, 0.2) is 36.9 Å². The van der Waals surface area contributed by atoms with Crippen molar-refractivity contribution in [2.24, 2.45) is 5.92 Å². The lowest BCUT2D eigenvalue weighted by Gasteiger charge is -2.33. The van der Waals surface area contributed by atoms with E-state index in [0.717, 1.165) is 31.5 Å². The highest BCUT2D eigenvalue weighted by Crippen LogP contribution is 2.24. The second-order valence-electron chi connectivity index (χ2n) is 6.96. The summed E-state index contributed by atoms with van der Waals surface area (Å²) >= 11 is 0. The summed E-state index contributed by atoms with van der Waals surface area (Å²) in [6.07, 6.45) is 10.5. The van der Waals surface area contributed by atoms with Gasteiger partial charge in [0.2, 0.25) is 0 Å². The number of nitrogens with one attached hydrogen (secondary N) is 1. The third-order valence-corrected chi connectivity index (χ3v) is 6.66. The lowest BCUT2D eigenvalue weighted by molar-refractivity contribution is 0.246. The monoisotopic (exact) mass is 390 g/mol. The molecule has 2 aromatic rings. The molecule has 9 heteroatoms. The first-order chi connectivity index (χ1) is 12.9. The molecule has 1 unspecified atom stereocenters. The van der Waals surface area contributed by atoms with Crippen LogP contribution in [-0.4, -0.2) is 59.2 Å². The summed E-state index contributed by atoms with van der Waals surface area (Å²) in [6, 6.07) is 4.00. The number of nitrogens with zero attached hydrogens (tertiary/aromatic N) is 5. The van der Waals surface area contributed by atoms with Crippen molar-refractivity contribution in [2.75, 3.05) is 32.5 Å². The summed E-state index contributed by atoms with van der Waals surface area (Å²) in [6.45, 7) is 1.20. The average Bonchev–Trinajstić information content (AvgIpc) is 2.67. The molecular weight excluding hydrogens is 364 g/mol. The van der Waals surface area contributed by atoms with Gasteiger partial charge in [-0.3, -0.25) is 4.98 Å². The van der Waals surface area contributed by atoms with Crippen molar-refractivity contribution >= 4 is 21.8 Å². The number of anilines is 2. The highest BCUT2D eigenvalue weighted by atomic mass is 32.2. The van der Waals surface area contributed by atoms with Crippen LogP contribution in [0.5, 0.6) is 0 Å². The molecule has 146 valence electrons. The Balaban J connectivity index is 1.58. The standard InChI is InChI=1S/C18H26N6O2S/c1-23(2)27(25,26)24-11-3-4-16(14-24)6-5-15-7-8-20-17(12-15)22-18-13-19-9-10-21-18/h7-10,12-13,16H,3-6,11,14H2,1-2H3,(H,20,21,22). The molecule has 1 saturated heterocycles. The minimum atomic E-state index is -3.32. The number of aromatic nitrogens is 3. The van der Waals surface area contributed by atoms with Crippen LogP contribution in [0, 0.1) is 5.92 Å². The molecule has 1 aliphatic rings. The summed E-state index contributed by atoms with van der Waals surface area (Å²) in [5.74, 6) is 1.76. The van der Waals surface area contributed by atoms with E-state index in [9.17, 15) is 8.42 Å². The van der Waals surface area contributed by atoms with Gasteiger partial charge < -0.3 is 5.32 Å². The van der Waals surface area contributed by atoms with Gasteiger partial charge in [-0.15, -0.1) is 0 Å². The molecule has 0 aliphatic carbocycles. The van der Waals surface area contributed by atoms with Gasteiger partial charge in [0.15, 0.2) is 0 Å². The van der Waals surface area contributed by atoms with E-state index >= 15 is 0 Å². The van der Waals surface area contributed by atoms with E-state index in [4.69, 9.17) is 0 Å². The highest BCUT2D eigenvalue weighted by Gasteiger charge is 2.30. The molecule has 8 nitrogen and oxygen atoms in total. The molecular formula is C18H26N6O2S. The first-order valence-electron chi connectivity index (χ1n) is 9.11. The number of hydrogen-bond donors (Lipinski definition) is 1. The number of pyridine rings is 1. The van der Waals surface area contributed by atoms with Crippen molar-refractivity contribution in [3.63, 3.8) is 0 Å². The quantitative estimate of drug-likeness (QED) is 0.778. The Bertz CT molecular complexity index is 844. The Labute approximate surface area is 160 Å². The maximum Gasteiger partial charge on any atom is 0.281 e. The van der Waals surface area contributed by atoms with Crippen molar-refractivity contribution in [1.29, 1.82) is 0 Å². The van der Waals surface area contributed by atoms with Crippen LogP contribution in [0.1, 0.15) is 24.8 Å². The first kappa shape index (κ1) is 19.7. The fraction of sp³-hybridized carbons (Fsp3) is 0.500. The van der Waals surface area contributed by atoms with E-state index in [1.54, 1.807) is 43.2 Å². The molecule has 1 atom stereocenters. The summed E-state index contributed by atoms with van der Waals surface area (Å²) in [4.78, 5) is 12.5. The second-order valence-corrected chi connectivity index (χ2v) is 9.10. The van der Waals surface area contributed by atoms with Crippen LogP contribution < -0.4 is 5.32 Å². The van der Waals surface area contributed by atoms with E-state index in [1.807, 2.05) is 12.1 Å². The van der Waals surface area contributed by atoms with Crippen LogP contribution in [-0.2, 0) is 16.6 Å². The van der Waals surface area contributed by atoms with Crippen LogP contribution in [0.3, 0.4) is 0 Å². The lowest BCUT2D eigenvalue weighted by atomic mass is 9.93. The van der Waals surface area contributed by atoms with Gasteiger partial charge in [0.25, 0.3) is 10.2 Å². The van der Waals surface area contributed by atoms with Crippen LogP contribution >= 0.6 is 0 Å². The van der Waals surface area contributed by atoms with Crippen molar-refractivity contribution in [1.82, 2.24) is 23.6 Å². The molecule has 0 bridgehead atoms. The fourth-order valence-electron chi connectivity index (χ4n) is 3.27. The van der Waals surface area contributed by atoms with Crippen LogP contribution in [0.2, 0.25) is 0 Å². The molecule has 0 saturated carbocycles. The molecule has 3 heterocycles. The molecule has 2 aromatic heterocycles. The van der Waals surface area contributed by atoms with Crippen LogP contribution in [0.25, 0.3) is 0 Å². The van der Waals surface area contributed by atoms with Gasteiger partial charge in [-0.25, -0.2) is 9.97 Å². The lowest BCUT2D eigenvalue weighted by Crippen LogP contribution is -2.45. The smallest absolute Gasteiger partial charge is 0.281 e. The van der Waals surface area contributed by atoms with E-state index in [0.29, 0.717) is 24.8 Å². The molecule has 0 amide bonds. The van der Waals surface area contributed by atoms with Crippen LogP contribution in [0.4, 0.5) is 11.6 Å². The van der Waals surface area contributed by atoms with Gasteiger partial charge in [0.05, 0.1) is 6.20 Å². The Kier molecular flexibility index (Phi) is 6.35. The Morgan fingerprint density at radius 3 is 2.78 bits per heavy atom. The highest BCUT2D eigenvalue weighted by molar-refractivity contribution is 7.86. The Morgan fingerprint density at radius 2 is 2.04 bits per heavy atom. The van der Waals surface area contributed by atoms with E-state index in [1.165, 1.54) is 9.87 Å². The van der Waals surface area contributed by atoms with E-state index in [2.05, 4.69) is 20.3 Å². The summed E-state index contributed by atoms with van der Waals surface area (Å²) in [7, 11) is -0.154. The largest absolute Gasteiger partial charge is 0.324 e. The maximum atomic E-state index is 12.3. The SMILES string of the molecule is CN(C)S(=O)(=O)N1CCCC(CCc2ccnc(Nc3cnccn3)c2)C1. The number of piperidine rings is 1.